The van der Waals surface area contributed by atoms with Gasteiger partial charge in [-0.3, -0.25) is 9.78 Å². The minimum Gasteiger partial charge on any atom is -0.376 e. The first-order chi connectivity index (χ1) is 6.15. The first-order valence-corrected chi connectivity index (χ1v) is 4.58. The van der Waals surface area contributed by atoms with Crippen molar-refractivity contribution in [3.05, 3.63) is 28.0 Å². The van der Waals surface area contributed by atoms with Crippen molar-refractivity contribution < 1.29 is 9.53 Å². The molecular formula is C9H10BrNO2. The molecular weight excluding hydrogens is 234 g/mol. The van der Waals surface area contributed by atoms with Gasteiger partial charge >= 0.3 is 0 Å². The number of nitrogens with zero attached hydrogens (tertiary/aromatic N) is 1. The van der Waals surface area contributed by atoms with Crippen LogP contribution in [0, 0.1) is 6.92 Å². The molecule has 0 aliphatic rings. The third-order valence-electron chi connectivity index (χ3n) is 1.61. The number of pyridine rings is 1. The normalized spacial score (nSPS) is 10.1. The van der Waals surface area contributed by atoms with Gasteiger partial charge in [0, 0.05) is 17.8 Å². The van der Waals surface area contributed by atoms with E-state index in [1.54, 1.807) is 12.3 Å². The highest BCUT2D eigenvalue weighted by atomic mass is 79.9. The lowest BCUT2D eigenvalue weighted by atomic mass is 10.2. The van der Waals surface area contributed by atoms with Crippen molar-refractivity contribution in [1.82, 2.24) is 4.98 Å². The van der Waals surface area contributed by atoms with Crippen LogP contribution in [0.15, 0.2) is 16.7 Å². The molecule has 1 rings (SSSR count). The Hall–Kier alpha value is -0.740. The highest BCUT2D eigenvalue weighted by Gasteiger charge is 2.07. The van der Waals surface area contributed by atoms with Gasteiger partial charge in [0.05, 0.1) is 0 Å². The minimum atomic E-state index is -0.0990. The van der Waals surface area contributed by atoms with Crippen LogP contribution in [0.25, 0.3) is 0 Å². The number of hydrogen-bond acceptors (Lipinski definition) is 3. The van der Waals surface area contributed by atoms with Gasteiger partial charge in [0.1, 0.15) is 12.3 Å². The molecule has 0 aliphatic carbocycles. The van der Waals surface area contributed by atoms with Gasteiger partial charge in [-0.15, -0.1) is 0 Å². The molecule has 1 aromatic heterocycles. The summed E-state index contributed by atoms with van der Waals surface area (Å²) in [5.41, 5.74) is 1.44. The molecule has 0 fully saturated rings. The number of aryl methyl sites for hydroxylation is 1. The lowest BCUT2D eigenvalue weighted by Crippen LogP contribution is -2.09. The smallest absolute Gasteiger partial charge is 0.206 e. The van der Waals surface area contributed by atoms with Crippen molar-refractivity contribution in [2.75, 3.05) is 13.7 Å². The zero-order chi connectivity index (χ0) is 9.84. The van der Waals surface area contributed by atoms with E-state index in [9.17, 15) is 4.79 Å². The number of ketones is 1. The predicted molar refractivity (Wildman–Crippen MR) is 52.9 cm³/mol. The third kappa shape index (κ3) is 2.60. The van der Waals surface area contributed by atoms with Crippen molar-refractivity contribution in [3.63, 3.8) is 0 Å². The van der Waals surface area contributed by atoms with Crippen LogP contribution in [0.3, 0.4) is 0 Å². The maximum absolute atomic E-state index is 11.3. The second kappa shape index (κ2) is 4.48. The summed E-state index contributed by atoms with van der Waals surface area (Å²) in [4.78, 5) is 15.3. The second-order valence-corrected chi connectivity index (χ2v) is 3.53. The van der Waals surface area contributed by atoms with Crippen LogP contribution < -0.4 is 0 Å². The molecule has 0 saturated carbocycles. The monoisotopic (exact) mass is 243 g/mol. The molecule has 0 saturated heterocycles. The van der Waals surface area contributed by atoms with Gasteiger partial charge in [0.15, 0.2) is 0 Å². The summed E-state index contributed by atoms with van der Waals surface area (Å²) in [5, 5.41) is 0. The summed E-state index contributed by atoms with van der Waals surface area (Å²) in [7, 11) is 1.49. The Bertz CT molecular complexity index is 325. The van der Waals surface area contributed by atoms with E-state index in [0.717, 1.165) is 10.0 Å². The summed E-state index contributed by atoms with van der Waals surface area (Å²) >= 11 is 3.31. The highest BCUT2D eigenvalue weighted by Crippen LogP contribution is 2.14. The average Bonchev–Trinajstić information content (AvgIpc) is 2.10. The molecule has 0 radical (unpaired) electrons. The molecule has 0 atom stereocenters. The first-order valence-electron chi connectivity index (χ1n) is 3.79. The maximum atomic E-state index is 11.3. The van der Waals surface area contributed by atoms with E-state index >= 15 is 0 Å². The largest absolute Gasteiger partial charge is 0.376 e. The van der Waals surface area contributed by atoms with Gasteiger partial charge in [-0.2, -0.15) is 0 Å². The Labute approximate surface area is 85.3 Å². The Balaban J connectivity index is 2.90. The molecule has 0 unspecified atom stereocenters. The molecule has 0 aromatic carbocycles. The first kappa shape index (κ1) is 10.3. The Kier molecular flexibility index (Phi) is 3.57. The van der Waals surface area contributed by atoms with Crippen LogP contribution in [0.2, 0.25) is 0 Å². The Morgan fingerprint density at radius 1 is 1.69 bits per heavy atom. The van der Waals surface area contributed by atoms with E-state index in [-0.39, 0.29) is 12.4 Å². The van der Waals surface area contributed by atoms with Crippen molar-refractivity contribution in [2.45, 2.75) is 6.92 Å². The number of halogens is 1. The average molecular weight is 244 g/mol. The molecule has 70 valence electrons. The van der Waals surface area contributed by atoms with Crippen LogP contribution in [0.1, 0.15) is 16.1 Å². The zero-order valence-electron chi connectivity index (χ0n) is 7.50. The molecule has 13 heavy (non-hydrogen) atoms. The minimum absolute atomic E-state index is 0.0775. The van der Waals surface area contributed by atoms with E-state index in [1.807, 2.05) is 6.92 Å². The fraction of sp³-hybridized carbons (Fsp3) is 0.333. The quantitative estimate of drug-likeness (QED) is 0.763. The topological polar surface area (TPSA) is 39.2 Å². The van der Waals surface area contributed by atoms with Crippen LogP contribution in [0.4, 0.5) is 0 Å². The zero-order valence-corrected chi connectivity index (χ0v) is 9.09. The molecule has 0 amide bonds. The molecule has 3 nitrogen and oxygen atoms in total. The van der Waals surface area contributed by atoms with Crippen molar-refractivity contribution >= 4 is 21.7 Å². The Morgan fingerprint density at radius 3 is 2.92 bits per heavy atom. The van der Waals surface area contributed by atoms with Crippen molar-refractivity contribution in [1.29, 1.82) is 0 Å². The van der Waals surface area contributed by atoms with E-state index in [1.165, 1.54) is 7.11 Å². The van der Waals surface area contributed by atoms with Gasteiger partial charge in [-0.1, -0.05) is 0 Å². The van der Waals surface area contributed by atoms with E-state index in [0.29, 0.717) is 5.69 Å². The molecule has 1 heterocycles. The molecule has 0 bridgehead atoms. The highest BCUT2D eigenvalue weighted by molar-refractivity contribution is 9.10. The number of methoxy groups -OCH3 is 1. The number of rotatable bonds is 3. The van der Waals surface area contributed by atoms with Crippen LogP contribution >= 0.6 is 15.9 Å². The molecule has 0 spiro atoms. The number of hydrogen-bond donors (Lipinski definition) is 0. The SMILES string of the molecule is COCC(=O)c1cc(C)c(Br)cn1. The maximum Gasteiger partial charge on any atom is 0.206 e. The van der Waals surface area contributed by atoms with E-state index in [4.69, 9.17) is 4.74 Å². The Morgan fingerprint density at radius 2 is 2.38 bits per heavy atom. The number of Topliss-reactive ketones (excluding diaryl/α,β-unsaturated/α-hetero) is 1. The summed E-state index contributed by atoms with van der Waals surface area (Å²) in [6.07, 6.45) is 1.62. The van der Waals surface area contributed by atoms with Gasteiger partial charge < -0.3 is 4.74 Å². The van der Waals surface area contributed by atoms with Crippen molar-refractivity contribution in [2.24, 2.45) is 0 Å². The van der Waals surface area contributed by atoms with Crippen LogP contribution in [-0.4, -0.2) is 24.5 Å². The van der Waals surface area contributed by atoms with E-state index in [2.05, 4.69) is 20.9 Å². The number of ether oxygens (including phenoxy) is 1. The second-order valence-electron chi connectivity index (χ2n) is 2.67. The summed E-state index contributed by atoms with van der Waals surface area (Å²) < 4.78 is 5.63. The molecule has 0 N–H and O–H groups in total. The molecule has 0 aliphatic heterocycles. The summed E-state index contributed by atoms with van der Waals surface area (Å²) in [5.74, 6) is -0.0990. The summed E-state index contributed by atoms with van der Waals surface area (Å²) in [6.45, 7) is 1.99. The fourth-order valence-electron chi connectivity index (χ4n) is 0.897. The number of carbonyl (C=O) groups excluding carboxylic acids is 1. The lowest BCUT2D eigenvalue weighted by Gasteiger charge is -2.01. The molecule has 4 heteroatoms. The fourth-order valence-corrected chi connectivity index (χ4v) is 1.11. The number of aromatic nitrogens is 1. The van der Waals surface area contributed by atoms with Gasteiger partial charge in [-0.05, 0) is 34.5 Å². The number of carbonyl (C=O) groups is 1. The molecule has 1 aromatic rings. The predicted octanol–water partition coefficient (Wildman–Crippen LogP) is 1.98. The van der Waals surface area contributed by atoms with Crippen molar-refractivity contribution in [3.8, 4) is 0 Å². The van der Waals surface area contributed by atoms with E-state index < -0.39 is 0 Å². The summed E-state index contributed by atoms with van der Waals surface area (Å²) in [6, 6.07) is 1.74. The van der Waals surface area contributed by atoms with Gasteiger partial charge in [0.2, 0.25) is 5.78 Å². The standard InChI is InChI=1S/C9H10BrNO2/c1-6-3-8(9(12)5-13-2)11-4-7(6)10/h3-4H,5H2,1-2H3. The van der Waals surface area contributed by atoms with Gasteiger partial charge in [0.25, 0.3) is 0 Å². The van der Waals surface area contributed by atoms with Crippen LogP contribution in [-0.2, 0) is 4.74 Å². The van der Waals surface area contributed by atoms with Crippen LogP contribution in [0.5, 0.6) is 0 Å². The lowest BCUT2D eigenvalue weighted by molar-refractivity contribution is 0.0843. The van der Waals surface area contributed by atoms with Gasteiger partial charge in [-0.25, -0.2) is 0 Å². The third-order valence-corrected chi connectivity index (χ3v) is 2.44.